The molecule has 0 aliphatic carbocycles. The Morgan fingerprint density at radius 1 is 1.18 bits per heavy atom. The molecule has 1 aromatic heterocycles. The van der Waals surface area contributed by atoms with Crippen LogP contribution in [-0.4, -0.2) is 20.8 Å². The Labute approximate surface area is 133 Å². The Morgan fingerprint density at radius 3 is 2.59 bits per heavy atom. The SMILES string of the molecule is CC(C)C[C@@H](C(O)C(C)C)C1c2ccccc2-c2cncn21. The first-order valence-electron chi connectivity index (χ1n) is 8.30. The van der Waals surface area contributed by atoms with E-state index in [0.717, 1.165) is 6.42 Å². The molecule has 1 aromatic carbocycles. The number of hydrogen-bond acceptors (Lipinski definition) is 2. The molecular weight excluding hydrogens is 272 g/mol. The minimum atomic E-state index is -0.311. The van der Waals surface area contributed by atoms with Gasteiger partial charge in [0.05, 0.1) is 30.4 Å². The summed E-state index contributed by atoms with van der Waals surface area (Å²) >= 11 is 0. The number of nitrogens with zero attached hydrogens (tertiary/aromatic N) is 2. The van der Waals surface area contributed by atoms with Crippen LogP contribution >= 0.6 is 0 Å². The highest BCUT2D eigenvalue weighted by Crippen LogP contribution is 2.46. The average molecular weight is 298 g/mol. The number of aliphatic hydroxyl groups excluding tert-OH is 1. The lowest BCUT2D eigenvalue weighted by molar-refractivity contribution is 0.0364. The fourth-order valence-electron chi connectivity index (χ4n) is 3.80. The van der Waals surface area contributed by atoms with Gasteiger partial charge in [-0.05, 0) is 23.8 Å². The maximum absolute atomic E-state index is 10.9. The highest BCUT2D eigenvalue weighted by molar-refractivity contribution is 5.69. The third-order valence-electron chi connectivity index (χ3n) is 4.79. The van der Waals surface area contributed by atoms with E-state index >= 15 is 0 Å². The van der Waals surface area contributed by atoms with E-state index in [4.69, 9.17) is 0 Å². The van der Waals surface area contributed by atoms with Crippen LogP contribution in [0.4, 0.5) is 0 Å². The maximum atomic E-state index is 10.9. The molecule has 0 saturated heterocycles. The van der Waals surface area contributed by atoms with Crippen LogP contribution in [0.3, 0.4) is 0 Å². The van der Waals surface area contributed by atoms with Crippen molar-refractivity contribution >= 4 is 0 Å². The first-order valence-corrected chi connectivity index (χ1v) is 8.30. The van der Waals surface area contributed by atoms with E-state index in [1.807, 2.05) is 12.5 Å². The van der Waals surface area contributed by atoms with Crippen molar-refractivity contribution < 1.29 is 5.11 Å². The number of rotatable bonds is 5. The van der Waals surface area contributed by atoms with Crippen molar-refractivity contribution in [2.45, 2.75) is 46.3 Å². The summed E-state index contributed by atoms with van der Waals surface area (Å²) in [5.74, 6) is 1.01. The van der Waals surface area contributed by atoms with E-state index in [9.17, 15) is 5.11 Å². The van der Waals surface area contributed by atoms with Gasteiger partial charge in [-0.15, -0.1) is 0 Å². The van der Waals surface area contributed by atoms with Crippen LogP contribution in [0.15, 0.2) is 36.8 Å². The average Bonchev–Trinajstić information content (AvgIpc) is 3.04. The second-order valence-corrected chi connectivity index (χ2v) is 7.25. The molecule has 2 unspecified atom stereocenters. The molecule has 0 saturated carbocycles. The molecule has 0 radical (unpaired) electrons. The molecule has 1 aliphatic rings. The summed E-state index contributed by atoms with van der Waals surface area (Å²) in [5, 5.41) is 10.9. The van der Waals surface area contributed by atoms with E-state index in [0.29, 0.717) is 5.92 Å². The lowest BCUT2D eigenvalue weighted by atomic mass is 9.79. The molecule has 3 atom stereocenters. The van der Waals surface area contributed by atoms with Gasteiger partial charge in [0.2, 0.25) is 0 Å². The molecule has 0 bridgehead atoms. The Bertz CT molecular complexity index is 644. The van der Waals surface area contributed by atoms with Gasteiger partial charge in [-0.2, -0.15) is 0 Å². The van der Waals surface area contributed by atoms with Gasteiger partial charge in [0.15, 0.2) is 0 Å². The van der Waals surface area contributed by atoms with Crippen molar-refractivity contribution in [3.05, 3.63) is 42.4 Å². The van der Waals surface area contributed by atoms with Crippen LogP contribution < -0.4 is 0 Å². The molecule has 2 heterocycles. The second-order valence-electron chi connectivity index (χ2n) is 7.25. The minimum absolute atomic E-state index is 0.188. The van der Waals surface area contributed by atoms with Crippen LogP contribution in [0.1, 0.15) is 45.7 Å². The molecule has 0 amide bonds. The quantitative estimate of drug-likeness (QED) is 0.901. The van der Waals surface area contributed by atoms with Crippen LogP contribution in [0.2, 0.25) is 0 Å². The number of hydrogen-bond donors (Lipinski definition) is 1. The number of aliphatic hydroxyl groups is 1. The molecule has 22 heavy (non-hydrogen) atoms. The Morgan fingerprint density at radius 2 is 1.91 bits per heavy atom. The number of fused-ring (bicyclic) bond motifs is 3. The number of aromatic nitrogens is 2. The van der Waals surface area contributed by atoms with E-state index in [1.54, 1.807) is 0 Å². The molecule has 118 valence electrons. The third-order valence-corrected chi connectivity index (χ3v) is 4.79. The van der Waals surface area contributed by atoms with Gasteiger partial charge in [0.1, 0.15) is 0 Å². The van der Waals surface area contributed by atoms with E-state index in [1.165, 1.54) is 16.8 Å². The summed E-state index contributed by atoms with van der Waals surface area (Å²) in [6, 6.07) is 8.73. The van der Waals surface area contributed by atoms with Gasteiger partial charge in [0, 0.05) is 11.5 Å². The fraction of sp³-hybridized carbons (Fsp3) is 0.526. The summed E-state index contributed by atoms with van der Waals surface area (Å²) in [4.78, 5) is 4.34. The van der Waals surface area contributed by atoms with Crippen molar-refractivity contribution in [3.8, 4) is 11.3 Å². The topological polar surface area (TPSA) is 38.1 Å². The smallest absolute Gasteiger partial charge is 0.0956 e. The molecule has 0 spiro atoms. The summed E-state index contributed by atoms with van der Waals surface area (Å²) in [7, 11) is 0. The fourth-order valence-corrected chi connectivity index (χ4v) is 3.80. The summed E-state index contributed by atoms with van der Waals surface area (Å²) in [6.07, 6.45) is 4.55. The Balaban J connectivity index is 2.08. The van der Waals surface area contributed by atoms with Gasteiger partial charge >= 0.3 is 0 Å². The first-order chi connectivity index (χ1) is 10.5. The van der Waals surface area contributed by atoms with Gasteiger partial charge in [-0.25, -0.2) is 4.98 Å². The zero-order chi connectivity index (χ0) is 15.9. The van der Waals surface area contributed by atoms with Crippen LogP contribution in [-0.2, 0) is 0 Å². The summed E-state index contributed by atoms with van der Waals surface area (Å²) in [5.41, 5.74) is 3.75. The van der Waals surface area contributed by atoms with Gasteiger partial charge in [0.25, 0.3) is 0 Å². The zero-order valence-electron chi connectivity index (χ0n) is 13.9. The van der Waals surface area contributed by atoms with E-state index in [2.05, 4.69) is 61.5 Å². The normalized spacial score (nSPS) is 19.3. The van der Waals surface area contributed by atoms with E-state index < -0.39 is 0 Å². The number of benzene rings is 1. The third kappa shape index (κ3) is 2.48. The molecule has 3 nitrogen and oxygen atoms in total. The molecule has 0 fully saturated rings. The summed E-state index contributed by atoms with van der Waals surface area (Å²) in [6.45, 7) is 8.67. The van der Waals surface area contributed by atoms with Crippen molar-refractivity contribution in [1.82, 2.24) is 9.55 Å². The number of imidazole rings is 1. The lowest BCUT2D eigenvalue weighted by Gasteiger charge is -2.33. The Kier molecular flexibility index (Phi) is 4.09. The second kappa shape index (κ2) is 5.88. The summed E-state index contributed by atoms with van der Waals surface area (Å²) < 4.78 is 2.25. The maximum Gasteiger partial charge on any atom is 0.0956 e. The van der Waals surface area contributed by atoms with Crippen LogP contribution in [0.25, 0.3) is 11.3 Å². The molecule has 3 heteroatoms. The monoisotopic (exact) mass is 298 g/mol. The zero-order valence-corrected chi connectivity index (χ0v) is 13.9. The van der Waals surface area contributed by atoms with Crippen LogP contribution in [0, 0.1) is 17.8 Å². The first kappa shape index (κ1) is 15.3. The molecular formula is C19H26N2O. The molecule has 3 rings (SSSR count). The highest BCUT2D eigenvalue weighted by atomic mass is 16.3. The van der Waals surface area contributed by atoms with E-state index in [-0.39, 0.29) is 24.0 Å². The predicted molar refractivity (Wildman–Crippen MR) is 89.6 cm³/mol. The van der Waals surface area contributed by atoms with Crippen molar-refractivity contribution in [1.29, 1.82) is 0 Å². The van der Waals surface area contributed by atoms with Gasteiger partial charge in [-0.1, -0.05) is 52.0 Å². The largest absolute Gasteiger partial charge is 0.392 e. The van der Waals surface area contributed by atoms with Crippen molar-refractivity contribution in [2.24, 2.45) is 17.8 Å². The Hall–Kier alpha value is -1.61. The van der Waals surface area contributed by atoms with Crippen molar-refractivity contribution in [3.63, 3.8) is 0 Å². The molecule has 1 aliphatic heterocycles. The minimum Gasteiger partial charge on any atom is -0.392 e. The standard InChI is InChI=1S/C19H26N2O/c1-12(2)9-16(19(22)13(3)4)18-15-8-6-5-7-14(15)17-10-20-11-21(17)18/h5-8,10-13,16,18-19,22H,9H2,1-4H3/t16-,18?,19?/m1/s1. The van der Waals surface area contributed by atoms with Gasteiger partial charge < -0.3 is 9.67 Å². The van der Waals surface area contributed by atoms with Gasteiger partial charge in [-0.3, -0.25) is 0 Å². The highest BCUT2D eigenvalue weighted by Gasteiger charge is 2.38. The van der Waals surface area contributed by atoms with Crippen molar-refractivity contribution in [2.75, 3.05) is 0 Å². The lowest BCUT2D eigenvalue weighted by Crippen LogP contribution is -2.34. The molecule has 1 N–H and O–H groups in total. The molecule has 2 aromatic rings. The predicted octanol–water partition coefficient (Wildman–Crippen LogP) is 4.13. The van der Waals surface area contributed by atoms with Crippen LogP contribution in [0.5, 0.6) is 0 Å².